The lowest BCUT2D eigenvalue weighted by atomic mass is 10.0. The van der Waals surface area contributed by atoms with Gasteiger partial charge >= 0.3 is 0 Å². The number of fused-ring (bicyclic) bond motifs is 1. The van der Waals surface area contributed by atoms with E-state index in [1.807, 2.05) is 49.4 Å². The Morgan fingerprint density at radius 2 is 1.55 bits per heavy atom. The highest BCUT2D eigenvalue weighted by atomic mass is 32.2. The molecule has 0 aliphatic carbocycles. The van der Waals surface area contributed by atoms with Crippen LogP contribution in [-0.2, 0) is 23.0 Å². The normalized spacial score (nSPS) is 17.8. The monoisotopic (exact) mass is 537 g/mol. The fourth-order valence-electron chi connectivity index (χ4n) is 4.93. The van der Waals surface area contributed by atoms with Gasteiger partial charge in [-0.2, -0.15) is 0 Å². The maximum Gasteiger partial charge on any atom is 0.240 e. The quantitative estimate of drug-likeness (QED) is 0.411. The highest BCUT2D eigenvalue weighted by Crippen LogP contribution is 2.32. The van der Waals surface area contributed by atoms with E-state index in [0.717, 1.165) is 55.3 Å². The van der Waals surface area contributed by atoms with Crippen LogP contribution in [0.25, 0.3) is 0 Å². The van der Waals surface area contributed by atoms with E-state index < -0.39 is 22.2 Å². The van der Waals surface area contributed by atoms with Crippen molar-refractivity contribution in [1.82, 2.24) is 14.5 Å². The molecule has 0 saturated carbocycles. The number of hydrogen-bond donors (Lipinski definition) is 2. The second-order valence-electron chi connectivity index (χ2n) is 10.1. The van der Waals surface area contributed by atoms with Crippen LogP contribution in [-0.4, -0.2) is 75.0 Å². The van der Waals surface area contributed by atoms with Crippen molar-refractivity contribution in [3.63, 3.8) is 0 Å². The Balaban J connectivity index is 1.20. The third-order valence-electron chi connectivity index (χ3n) is 7.15. The number of piperazine rings is 1. The molecule has 0 aromatic heterocycles. The molecule has 1 saturated heterocycles. The number of rotatable bonds is 10. The molecule has 1 fully saturated rings. The van der Waals surface area contributed by atoms with E-state index in [1.54, 1.807) is 24.3 Å². The number of aliphatic hydroxyl groups is 1. The number of benzene rings is 3. The van der Waals surface area contributed by atoms with Gasteiger partial charge in [0.15, 0.2) is 11.5 Å². The minimum Gasteiger partial charge on any atom is -0.454 e. The van der Waals surface area contributed by atoms with Crippen molar-refractivity contribution in [2.75, 3.05) is 39.5 Å². The number of ether oxygens (including phenoxy) is 2. The van der Waals surface area contributed by atoms with Gasteiger partial charge in [0.2, 0.25) is 16.8 Å². The number of nitrogens with zero attached hydrogens (tertiary/aromatic N) is 2. The van der Waals surface area contributed by atoms with Crippen molar-refractivity contribution in [2.24, 2.45) is 0 Å². The summed E-state index contributed by atoms with van der Waals surface area (Å²) in [7, 11) is -3.79. The number of aliphatic hydroxyl groups excluding tert-OH is 1. The minimum atomic E-state index is -3.79. The molecular formula is C29H35N3O5S. The summed E-state index contributed by atoms with van der Waals surface area (Å²) in [6.45, 7) is 6.71. The van der Waals surface area contributed by atoms with Crippen LogP contribution in [0.5, 0.6) is 11.5 Å². The average Bonchev–Trinajstić information content (AvgIpc) is 3.38. The Labute approximate surface area is 224 Å². The number of hydrogen-bond acceptors (Lipinski definition) is 7. The van der Waals surface area contributed by atoms with Gasteiger partial charge in [0, 0.05) is 39.3 Å². The molecule has 0 spiro atoms. The van der Waals surface area contributed by atoms with E-state index in [0.29, 0.717) is 13.0 Å². The lowest BCUT2D eigenvalue weighted by Crippen LogP contribution is -2.53. The van der Waals surface area contributed by atoms with Crippen LogP contribution in [0.15, 0.2) is 77.7 Å². The van der Waals surface area contributed by atoms with Gasteiger partial charge in [0.25, 0.3) is 0 Å². The third kappa shape index (κ3) is 6.73. The lowest BCUT2D eigenvalue weighted by molar-refractivity contribution is 0.0549. The molecule has 0 amide bonds. The molecule has 202 valence electrons. The molecular weight excluding hydrogens is 502 g/mol. The van der Waals surface area contributed by atoms with E-state index >= 15 is 0 Å². The summed E-state index contributed by atoms with van der Waals surface area (Å²) in [4.78, 5) is 4.78. The van der Waals surface area contributed by atoms with E-state index in [2.05, 4.69) is 20.6 Å². The molecule has 2 N–H and O–H groups in total. The summed E-state index contributed by atoms with van der Waals surface area (Å²) in [5.74, 6) is 1.58. The van der Waals surface area contributed by atoms with Gasteiger partial charge in [0.05, 0.1) is 17.0 Å². The van der Waals surface area contributed by atoms with Crippen LogP contribution in [0.1, 0.15) is 16.7 Å². The van der Waals surface area contributed by atoms with Gasteiger partial charge < -0.3 is 14.6 Å². The predicted octanol–water partition coefficient (Wildman–Crippen LogP) is 2.79. The van der Waals surface area contributed by atoms with E-state index in [-0.39, 0.29) is 11.7 Å². The lowest BCUT2D eigenvalue weighted by Gasteiger charge is -2.37. The van der Waals surface area contributed by atoms with E-state index in [9.17, 15) is 13.5 Å². The van der Waals surface area contributed by atoms with E-state index in [4.69, 9.17) is 9.47 Å². The van der Waals surface area contributed by atoms with Gasteiger partial charge in [0.1, 0.15) is 0 Å². The number of nitrogens with one attached hydrogen (secondary N) is 1. The summed E-state index contributed by atoms with van der Waals surface area (Å²) in [5.41, 5.74) is 3.13. The Hall–Kier alpha value is -2.95. The molecule has 5 rings (SSSR count). The molecule has 2 aliphatic rings. The molecule has 2 heterocycles. The Morgan fingerprint density at radius 3 is 2.29 bits per heavy atom. The van der Waals surface area contributed by atoms with E-state index in [1.165, 1.54) is 5.56 Å². The molecule has 0 unspecified atom stereocenters. The van der Waals surface area contributed by atoms with Crippen molar-refractivity contribution in [3.8, 4) is 11.5 Å². The maximum absolute atomic E-state index is 13.2. The first-order chi connectivity index (χ1) is 18.4. The second-order valence-corrected chi connectivity index (χ2v) is 11.8. The van der Waals surface area contributed by atoms with Crippen molar-refractivity contribution in [2.45, 2.75) is 36.9 Å². The Bertz CT molecular complexity index is 1310. The zero-order valence-electron chi connectivity index (χ0n) is 21.6. The second kappa shape index (κ2) is 11.8. The van der Waals surface area contributed by atoms with Crippen molar-refractivity contribution in [1.29, 1.82) is 0 Å². The molecule has 38 heavy (non-hydrogen) atoms. The van der Waals surface area contributed by atoms with Gasteiger partial charge in [-0.3, -0.25) is 9.80 Å². The summed E-state index contributed by atoms with van der Waals surface area (Å²) in [6.07, 6.45) is -0.465. The number of sulfonamides is 1. The predicted molar refractivity (Wildman–Crippen MR) is 146 cm³/mol. The van der Waals surface area contributed by atoms with Crippen LogP contribution in [0, 0.1) is 6.92 Å². The molecule has 9 heteroatoms. The molecule has 3 aromatic carbocycles. The van der Waals surface area contributed by atoms with Gasteiger partial charge in [-0.15, -0.1) is 0 Å². The fraction of sp³-hybridized carbons (Fsp3) is 0.379. The Morgan fingerprint density at radius 1 is 0.868 bits per heavy atom. The van der Waals surface area contributed by atoms with Gasteiger partial charge in [-0.25, -0.2) is 13.1 Å². The topological polar surface area (TPSA) is 91.3 Å². The van der Waals surface area contributed by atoms with Crippen LogP contribution in [0.3, 0.4) is 0 Å². The summed E-state index contributed by atoms with van der Waals surface area (Å²) < 4.78 is 40.0. The highest BCUT2D eigenvalue weighted by Gasteiger charge is 2.29. The van der Waals surface area contributed by atoms with Crippen LogP contribution < -0.4 is 14.2 Å². The SMILES string of the molecule is Cc1ccc(S(=O)(=O)N[C@@H](Cc2ccccc2)[C@H](O)CN2CCN(Cc3ccc4c(c3)OCO4)CC2)cc1. The minimum absolute atomic E-state index is 0.200. The summed E-state index contributed by atoms with van der Waals surface area (Å²) in [6, 6.07) is 21.8. The number of aryl methyl sites for hydroxylation is 1. The highest BCUT2D eigenvalue weighted by molar-refractivity contribution is 7.89. The summed E-state index contributed by atoms with van der Waals surface area (Å²) >= 11 is 0. The first-order valence-corrected chi connectivity index (χ1v) is 14.5. The van der Waals surface area contributed by atoms with Gasteiger partial charge in [-0.05, 0) is 48.7 Å². The molecule has 8 nitrogen and oxygen atoms in total. The first-order valence-electron chi connectivity index (χ1n) is 13.0. The third-order valence-corrected chi connectivity index (χ3v) is 8.66. The molecule has 3 aromatic rings. The van der Waals surface area contributed by atoms with Crippen molar-refractivity contribution >= 4 is 10.0 Å². The van der Waals surface area contributed by atoms with Crippen LogP contribution in [0.4, 0.5) is 0 Å². The zero-order chi connectivity index (χ0) is 26.5. The molecule has 2 atom stereocenters. The largest absolute Gasteiger partial charge is 0.454 e. The Kier molecular flexibility index (Phi) is 8.30. The van der Waals surface area contributed by atoms with Crippen molar-refractivity contribution < 1.29 is 23.0 Å². The fourth-order valence-corrected chi connectivity index (χ4v) is 6.20. The molecule has 2 aliphatic heterocycles. The zero-order valence-corrected chi connectivity index (χ0v) is 22.4. The smallest absolute Gasteiger partial charge is 0.240 e. The van der Waals surface area contributed by atoms with Gasteiger partial charge in [-0.1, -0.05) is 54.1 Å². The molecule has 0 bridgehead atoms. The van der Waals surface area contributed by atoms with Crippen LogP contribution in [0.2, 0.25) is 0 Å². The first kappa shape index (κ1) is 26.6. The molecule has 0 radical (unpaired) electrons. The van der Waals surface area contributed by atoms with Crippen LogP contribution >= 0.6 is 0 Å². The maximum atomic E-state index is 13.2. The number of β-amino-alcohol motifs (C(OH)–C–C–N with tert-alkyl or cyclic N) is 1. The average molecular weight is 538 g/mol. The summed E-state index contributed by atoms with van der Waals surface area (Å²) in [5, 5.41) is 11.3. The standard InChI is InChI=1S/C29H35N3O5S/c1-22-7-10-25(11-8-22)38(34,35)30-26(17-23-5-3-2-4-6-23)27(33)20-32-15-13-31(14-16-32)19-24-9-12-28-29(18-24)37-21-36-28/h2-12,18,26-27,30,33H,13-17,19-21H2,1H3/t26-,27+/m0/s1. The van der Waals surface area contributed by atoms with Crippen molar-refractivity contribution in [3.05, 3.63) is 89.5 Å².